The Balaban J connectivity index is 2.13. The van der Waals surface area contributed by atoms with Gasteiger partial charge in [0.1, 0.15) is 0 Å². The molecule has 1 aliphatic rings. The topological polar surface area (TPSA) is 78.4 Å². The highest BCUT2D eigenvalue weighted by atomic mass is 32.2. The standard InChI is InChI=1S/C15H28N2O3S/c1-3-4-12(5-6-13(18)19)7-10-16-14(20)17-11-15(21-2)8-9-15/h12H,3-11H2,1-2H3,(H,18,19)(H2,16,17,20). The molecule has 6 heteroatoms. The van der Waals surface area contributed by atoms with Crippen molar-refractivity contribution in [3.8, 4) is 0 Å². The Bertz CT molecular complexity index is 346. The van der Waals surface area contributed by atoms with Crippen LogP contribution in [-0.4, -0.2) is 41.2 Å². The fraction of sp³-hybridized carbons (Fsp3) is 0.867. The average Bonchev–Trinajstić information content (AvgIpc) is 3.23. The number of carboxylic acids is 1. The van der Waals surface area contributed by atoms with E-state index < -0.39 is 5.97 Å². The van der Waals surface area contributed by atoms with Gasteiger partial charge < -0.3 is 15.7 Å². The van der Waals surface area contributed by atoms with E-state index >= 15 is 0 Å². The van der Waals surface area contributed by atoms with Gasteiger partial charge in [-0.15, -0.1) is 0 Å². The fourth-order valence-corrected chi connectivity index (χ4v) is 3.18. The van der Waals surface area contributed by atoms with E-state index in [0.29, 0.717) is 18.9 Å². The zero-order chi connectivity index (χ0) is 15.7. The highest BCUT2D eigenvalue weighted by molar-refractivity contribution is 8.00. The van der Waals surface area contributed by atoms with E-state index in [2.05, 4.69) is 23.8 Å². The molecule has 0 aliphatic heterocycles. The second kappa shape index (κ2) is 9.18. The quantitative estimate of drug-likeness (QED) is 0.548. The van der Waals surface area contributed by atoms with Crippen molar-refractivity contribution in [1.82, 2.24) is 10.6 Å². The van der Waals surface area contributed by atoms with E-state index in [1.54, 1.807) is 0 Å². The van der Waals surface area contributed by atoms with Crippen LogP contribution in [0, 0.1) is 5.92 Å². The molecular weight excluding hydrogens is 288 g/mol. The highest BCUT2D eigenvalue weighted by Gasteiger charge is 2.41. The molecule has 21 heavy (non-hydrogen) atoms. The molecule has 0 spiro atoms. The monoisotopic (exact) mass is 316 g/mol. The van der Waals surface area contributed by atoms with E-state index in [0.717, 1.165) is 25.8 Å². The van der Waals surface area contributed by atoms with Crippen LogP contribution in [0.1, 0.15) is 51.9 Å². The van der Waals surface area contributed by atoms with Crippen molar-refractivity contribution in [2.45, 2.75) is 56.6 Å². The molecular formula is C15H28N2O3S. The highest BCUT2D eigenvalue weighted by Crippen LogP contribution is 2.46. The number of nitrogens with one attached hydrogen (secondary N) is 2. The molecule has 1 fully saturated rings. The lowest BCUT2D eigenvalue weighted by atomic mass is 9.94. The first-order valence-corrected chi connectivity index (χ1v) is 9.02. The van der Waals surface area contributed by atoms with Crippen molar-refractivity contribution < 1.29 is 14.7 Å². The molecule has 0 bridgehead atoms. The van der Waals surface area contributed by atoms with E-state index in [-0.39, 0.29) is 17.2 Å². The zero-order valence-corrected chi connectivity index (χ0v) is 13.9. The number of carboxylic acid groups (broad SMARTS) is 1. The summed E-state index contributed by atoms with van der Waals surface area (Å²) in [5, 5.41) is 14.5. The molecule has 0 aromatic rings. The molecule has 0 aromatic heterocycles. The molecule has 122 valence electrons. The third-order valence-electron chi connectivity index (χ3n) is 4.11. The lowest BCUT2D eigenvalue weighted by molar-refractivity contribution is -0.137. The van der Waals surface area contributed by atoms with Crippen LogP contribution >= 0.6 is 11.8 Å². The van der Waals surface area contributed by atoms with Gasteiger partial charge in [0.05, 0.1) is 0 Å². The first-order chi connectivity index (χ1) is 10.0. The van der Waals surface area contributed by atoms with Crippen LogP contribution in [0.4, 0.5) is 4.79 Å². The summed E-state index contributed by atoms with van der Waals surface area (Å²) in [7, 11) is 0. The summed E-state index contributed by atoms with van der Waals surface area (Å²) in [4.78, 5) is 22.3. The number of thioether (sulfide) groups is 1. The number of amides is 2. The second-order valence-corrected chi connectivity index (χ2v) is 7.15. The van der Waals surface area contributed by atoms with E-state index in [1.807, 2.05) is 11.8 Å². The number of aliphatic carboxylic acids is 1. The minimum atomic E-state index is -0.742. The van der Waals surface area contributed by atoms with Crippen LogP contribution in [0.15, 0.2) is 0 Å². The second-order valence-electron chi connectivity index (χ2n) is 5.87. The number of urea groups is 1. The predicted octanol–water partition coefficient (Wildman–Crippen LogP) is 2.85. The summed E-state index contributed by atoms with van der Waals surface area (Å²) in [6, 6.07) is -0.108. The Morgan fingerprint density at radius 3 is 2.48 bits per heavy atom. The van der Waals surface area contributed by atoms with Crippen molar-refractivity contribution in [2.75, 3.05) is 19.3 Å². The van der Waals surface area contributed by atoms with Crippen molar-refractivity contribution >= 4 is 23.8 Å². The smallest absolute Gasteiger partial charge is 0.314 e. The molecule has 1 aliphatic carbocycles. The first-order valence-electron chi connectivity index (χ1n) is 7.80. The molecule has 1 atom stereocenters. The SMILES string of the molecule is CCCC(CCNC(=O)NCC1(SC)CC1)CCC(=O)O. The Morgan fingerprint density at radius 2 is 1.95 bits per heavy atom. The van der Waals surface area contributed by atoms with E-state index in [4.69, 9.17) is 5.11 Å². The van der Waals surface area contributed by atoms with Crippen molar-refractivity contribution in [3.63, 3.8) is 0 Å². The maximum absolute atomic E-state index is 11.7. The minimum Gasteiger partial charge on any atom is -0.481 e. The van der Waals surface area contributed by atoms with E-state index in [1.165, 1.54) is 12.8 Å². The summed E-state index contributed by atoms with van der Waals surface area (Å²) in [5.74, 6) is -0.360. The zero-order valence-electron chi connectivity index (χ0n) is 13.1. The summed E-state index contributed by atoms with van der Waals surface area (Å²) in [6.45, 7) is 3.45. The Hall–Kier alpha value is -0.910. The molecule has 5 nitrogen and oxygen atoms in total. The van der Waals surface area contributed by atoms with Crippen LogP contribution in [0.2, 0.25) is 0 Å². The minimum absolute atomic E-state index is 0.108. The van der Waals surface area contributed by atoms with Gasteiger partial charge in [-0.1, -0.05) is 19.8 Å². The average molecular weight is 316 g/mol. The summed E-state index contributed by atoms with van der Waals surface area (Å²) >= 11 is 1.83. The van der Waals surface area contributed by atoms with Gasteiger partial charge >= 0.3 is 12.0 Å². The maximum atomic E-state index is 11.7. The fourth-order valence-electron chi connectivity index (χ4n) is 2.46. The van der Waals surface area contributed by atoms with Crippen molar-refractivity contribution in [3.05, 3.63) is 0 Å². The first kappa shape index (κ1) is 18.1. The van der Waals surface area contributed by atoms with Crippen molar-refractivity contribution in [2.24, 2.45) is 5.92 Å². The maximum Gasteiger partial charge on any atom is 0.314 e. The van der Waals surface area contributed by atoms with Gasteiger partial charge in [-0.2, -0.15) is 11.8 Å². The van der Waals surface area contributed by atoms with Gasteiger partial charge in [0, 0.05) is 24.3 Å². The molecule has 1 unspecified atom stereocenters. The number of hydrogen-bond acceptors (Lipinski definition) is 3. The molecule has 0 saturated heterocycles. The summed E-state index contributed by atoms with van der Waals surface area (Å²) in [5.41, 5.74) is 0. The molecule has 0 radical (unpaired) electrons. The molecule has 2 amide bonds. The molecule has 0 aromatic carbocycles. The largest absolute Gasteiger partial charge is 0.481 e. The number of hydrogen-bond donors (Lipinski definition) is 3. The summed E-state index contributed by atoms with van der Waals surface area (Å²) in [6.07, 6.45) is 8.28. The van der Waals surface area contributed by atoms with Gasteiger partial charge in [0.25, 0.3) is 0 Å². The third kappa shape index (κ3) is 7.60. The van der Waals surface area contributed by atoms with E-state index in [9.17, 15) is 9.59 Å². The lowest BCUT2D eigenvalue weighted by Gasteiger charge is -2.17. The Morgan fingerprint density at radius 1 is 1.24 bits per heavy atom. The number of rotatable bonds is 11. The van der Waals surface area contributed by atoms with Crippen LogP contribution in [0.3, 0.4) is 0 Å². The van der Waals surface area contributed by atoms with Crippen LogP contribution in [0.25, 0.3) is 0 Å². The van der Waals surface area contributed by atoms with Gasteiger partial charge in [0.15, 0.2) is 0 Å². The van der Waals surface area contributed by atoms with Gasteiger partial charge in [0.2, 0.25) is 0 Å². The Kier molecular flexibility index (Phi) is 7.93. The molecule has 3 N–H and O–H groups in total. The van der Waals surface area contributed by atoms with Crippen molar-refractivity contribution in [1.29, 1.82) is 0 Å². The molecule has 0 heterocycles. The number of carbonyl (C=O) groups excluding carboxylic acids is 1. The van der Waals surface area contributed by atoms with Gasteiger partial charge in [-0.25, -0.2) is 4.79 Å². The lowest BCUT2D eigenvalue weighted by Crippen LogP contribution is -2.40. The Labute approximate surface area is 131 Å². The molecule has 1 rings (SSSR count). The van der Waals surface area contributed by atoms with Crippen LogP contribution < -0.4 is 10.6 Å². The van der Waals surface area contributed by atoms with Crippen LogP contribution in [0.5, 0.6) is 0 Å². The third-order valence-corrected chi connectivity index (χ3v) is 5.53. The number of carbonyl (C=O) groups is 2. The van der Waals surface area contributed by atoms with Crippen LogP contribution in [-0.2, 0) is 4.79 Å². The van der Waals surface area contributed by atoms with Gasteiger partial charge in [-0.3, -0.25) is 4.79 Å². The van der Waals surface area contributed by atoms with Gasteiger partial charge in [-0.05, 0) is 37.9 Å². The molecule has 1 saturated carbocycles. The summed E-state index contributed by atoms with van der Waals surface area (Å²) < 4.78 is 0.281. The normalized spacial score (nSPS) is 17.0. The predicted molar refractivity (Wildman–Crippen MR) is 86.8 cm³/mol.